The molecule has 0 atom stereocenters. The second-order valence-electron chi connectivity index (χ2n) is 6.58. The molecular formula is C20H26N4O2. The number of hydrogen-bond acceptors (Lipinski definition) is 4. The number of anilines is 2. The zero-order valence-corrected chi connectivity index (χ0v) is 15.4. The van der Waals surface area contributed by atoms with E-state index in [9.17, 15) is 4.79 Å². The Labute approximate surface area is 154 Å². The molecule has 1 fully saturated rings. The molecule has 6 heteroatoms. The van der Waals surface area contributed by atoms with Crippen LogP contribution in [0.3, 0.4) is 0 Å². The maximum Gasteiger partial charge on any atom is 0.319 e. The minimum Gasteiger partial charge on any atom is -0.495 e. The molecule has 138 valence electrons. The van der Waals surface area contributed by atoms with Crippen molar-refractivity contribution in [1.82, 2.24) is 10.3 Å². The van der Waals surface area contributed by atoms with Gasteiger partial charge in [0.2, 0.25) is 0 Å². The number of aromatic nitrogens is 1. The third kappa shape index (κ3) is 4.65. The summed E-state index contributed by atoms with van der Waals surface area (Å²) in [6.07, 6.45) is 5.53. The Kier molecular flexibility index (Phi) is 5.94. The molecule has 0 saturated carbocycles. The van der Waals surface area contributed by atoms with Crippen molar-refractivity contribution in [1.29, 1.82) is 0 Å². The maximum absolute atomic E-state index is 12.2. The van der Waals surface area contributed by atoms with E-state index in [0.29, 0.717) is 18.0 Å². The number of amides is 2. The number of carbonyl (C=O) groups excluding carboxylic acids is 1. The predicted octanol–water partition coefficient (Wildman–Crippen LogP) is 3.71. The highest BCUT2D eigenvalue weighted by molar-refractivity contribution is 5.91. The summed E-state index contributed by atoms with van der Waals surface area (Å²) in [6.45, 7) is 4.53. The van der Waals surface area contributed by atoms with Crippen molar-refractivity contribution in [2.24, 2.45) is 0 Å². The van der Waals surface area contributed by atoms with Gasteiger partial charge in [0.25, 0.3) is 0 Å². The minimum atomic E-state index is -0.259. The van der Waals surface area contributed by atoms with Crippen LogP contribution in [0, 0.1) is 6.92 Å². The summed E-state index contributed by atoms with van der Waals surface area (Å²) in [7, 11) is 1.59. The van der Waals surface area contributed by atoms with E-state index >= 15 is 0 Å². The van der Waals surface area contributed by atoms with Gasteiger partial charge in [-0.15, -0.1) is 0 Å². The lowest BCUT2D eigenvalue weighted by Crippen LogP contribution is -2.31. The molecule has 2 aromatic rings. The SMILES string of the molecule is COc1ccc(C)cc1NC(=O)NCc1ccnc(N2CCCCC2)c1. The lowest BCUT2D eigenvalue weighted by Gasteiger charge is -2.27. The largest absolute Gasteiger partial charge is 0.495 e. The standard InChI is InChI=1S/C20H26N4O2/c1-15-6-7-18(26-2)17(12-15)23-20(25)22-14-16-8-9-21-19(13-16)24-10-4-3-5-11-24/h6-9,12-13H,3-5,10-11,14H2,1-2H3,(H2,22,23,25). The molecule has 1 aromatic carbocycles. The summed E-state index contributed by atoms with van der Waals surface area (Å²) >= 11 is 0. The first-order valence-corrected chi connectivity index (χ1v) is 9.05. The number of nitrogens with zero attached hydrogens (tertiary/aromatic N) is 2. The molecule has 1 saturated heterocycles. The molecule has 0 bridgehead atoms. The molecule has 2 N–H and O–H groups in total. The van der Waals surface area contributed by atoms with Crippen molar-refractivity contribution >= 4 is 17.5 Å². The summed E-state index contributed by atoms with van der Waals surface area (Å²) < 4.78 is 5.29. The Morgan fingerprint density at radius 3 is 2.77 bits per heavy atom. The minimum absolute atomic E-state index is 0.259. The molecule has 3 rings (SSSR count). The Balaban J connectivity index is 1.58. The zero-order chi connectivity index (χ0) is 18.4. The van der Waals surface area contributed by atoms with E-state index in [4.69, 9.17) is 4.74 Å². The first-order valence-electron chi connectivity index (χ1n) is 9.05. The van der Waals surface area contributed by atoms with Crippen LogP contribution in [0.5, 0.6) is 5.75 Å². The number of urea groups is 1. The van der Waals surface area contributed by atoms with Gasteiger partial charge in [-0.25, -0.2) is 9.78 Å². The average molecular weight is 354 g/mol. The van der Waals surface area contributed by atoms with Crippen molar-refractivity contribution in [2.75, 3.05) is 30.4 Å². The smallest absolute Gasteiger partial charge is 0.319 e. The van der Waals surface area contributed by atoms with Crippen molar-refractivity contribution < 1.29 is 9.53 Å². The van der Waals surface area contributed by atoms with Gasteiger partial charge >= 0.3 is 6.03 Å². The first-order chi connectivity index (χ1) is 12.7. The van der Waals surface area contributed by atoms with Crippen LogP contribution in [-0.2, 0) is 6.54 Å². The van der Waals surface area contributed by atoms with Crippen LogP contribution in [0.1, 0.15) is 30.4 Å². The van der Waals surface area contributed by atoms with Gasteiger partial charge in [0.05, 0.1) is 12.8 Å². The van der Waals surface area contributed by atoms with Crippen molar-refractivity contribution in [2.45, 2.75) is 32.7 Å². The van der Waals surface area contributed by atoms with E-state index in [1.807, 2.05) is 37.4 Å². The predicted molar refractivity (Wildman–Crippen MR) is 104 cm³/mol. The highest BCUT2D eigenvalue weighted by Crippen LogP contribution is 2.25. The number of pyridine rings is 1. The molecule has 0 unspecified atom stereocenters. The number of hydrogen-bond donors (Lipinski definition) is 2. The molecule has 1 aromatic heterocycles. The highest BCUT2D eigenvalue weighted by atomic mass is 16.5. The Bertz CT molecular complexity index is 757. The quantitative estimate of drug-likeness (QED) is 0.859. The second kappa shape index (κ2) is 8.56. The number of benzene rings is 1. The van der Waals surface area contributed by atoms with Crippen molar-refractivity contribution in [3.63, 3.8) is 0 Å². The summed E-state index contributed by atoms with van der Waals surface area (Å²) in [6, 6.07) is 9.41. The fraction of sp³-hybridized carbons (Fsp3) is 0.400. The first kappa shape index (κ1) is 18.0. The third-order valence-electron chi connectivity index (χ3n) is 4.55. The van der Waals surface area contributed by atoms with E-state index < -0.39 is 0 Å². The summed E-state index contributed by atoms with van der Waals surface area (Å²) in [4.78, 5) is 19.0. The number of nitrogens with one attached hydrogen (secondary N) is 2. The molecule has 6 nitrogen and oxygen atoms in total. The molecule has 0 radical (unpaired) electrons. The normalized spacial score (nSPS) is 14.0. The van der Waals surface area contributed by atoms with E-state index in [1.54, 1.807) is 7.11 Å². The zero-order valence-electron chi connectivity index (χ0n) is 15.4. The average Bonchev–Trinajstić information content (AvgIpc) is 2.67. The van der Waals surface area contributed by atoms with Crippen molar-refractivity contribution in [3.8, 4) is 5.75 Å². The van der Waals surface area contributed by atoms with Crippen LogP contribution in [0.4, 0.5) is 16.3 Å². The number of piperidine rings is 1. The number of aryl methyl sites for hydroxylation is 1. The second-order valence-corrected chi connectivity index (χ2v) is 6.58. The number of ether oxygens (including phenoxy) is 1. The summed E-state index contributed by atoms with van der Waals surface area (Å²) in [5, 5.41) is 5.75. The number of rotatable bonds is 5. The summed E-state index contributed by atoms with van der Waals surface area (Å²) in [5.74, 6) is 1.63. The Morgan fingerprint density at radius 1 is 1.19 bits per heavy atom. The lowest BCUT2D eigenvalue weighted by atomic mass is 10.1. The van der Waals surface area contributed by atoms with Crippen LogP contribution in [0.15, 0.2) is 36.5 Å². The molecule has 0 spiro atoms. The van der Waals surface area contributed by atoms with Gasteiger partial charge in [0.1, 0.15) is 11.6 Å². The van der Waals surface area contributed by atoms with Crippen LogP contribution in [0.25, 0.3) is 0 Å². The molecule has 2 amide bonds. The fourth-order valence-electron chi connectivity index (χ4n) is 3.13. The number of methoxy groups -OCH3 is 1. The molecular weight excluding hydrogens is 328 g/mol. The number of carbonyl (C=O) groups is 1. The molecule has 1 aliphatic rings. The van der Waals surface area contributed by atoms with Gasteiger partial charge in [0, 0.05) is 25.8 Å². The van der Waals surface area contributed by atoms with E-state index in [-0.39, 0.29) is 6.03 Å². The lowest BCUT2D eigenvalue weighted by molar-refractivity contribution is 0.251. The molecule has 1 aliphatic heterocycles. The van der Waals surface area contributed by atoms with Gasteiger partial charge in [-0.3, -0.25) is 0 Å². The van der Waals surface area contributed by atoms with Crippen molar-refractivity contribution in [3.05, 3.63) is 47.7 Å². The van der Waals surface area contributed by atoms with Gasteiger partial charge in [-0.2, -0.15) is 0 Å². The molecule has 26 heavy (non-hydrogen) atoms. The van der Waals surface area contributed by atoms with E-state index in [0.717, 1.165) is 30.0 Å². The fourth-order valence-corrected chi connectivity index (χ4v) is 3.13. The van der Waals surface area contributed by atoms with Crippen LogP contribution >= 0.6 is 0 Å². The van der Waals surface area contributed by atoms with Crippen LogP contribution in [-0.4, -0.2) is 31.2 Å². The third-order valence-corrected chi connectivity index (χ3v) is 4.55. The monoisotopic (exact) mass is 354 g/mol. The molecule has 0 aliphatic carbocycles. The van der Waals surface area contributed by atoms with Crippen LogP contribution < -0.4 is 20.3 Å². The van der Waals surface area contributed by atoms with E-state index in [2.05, 4.69) is 26.6 Å². The Morgan fingerprint density at radius 2 is 2.00 bits per heavy atom. The van der Waals surface area contributed by atoms with Gasteiger partial charge in [-0.1, -0.05) is 6.07 Å². The van der Waals surface area contributed by atoms with Crippen LogP contribution in [0.2, 0.25) is 0 Å². The van der Waals surface area contributed by atoms with Gasteiger partial charge < -0.3 is 20.3 Å². The van der Waals surface area contributed by atoms with E-state index in [1.165, 1.54) is 19.3 Å². The summed E-state index contributed by atoms with van der Waals surface area (Å²) in [5.41, 5.74) is 2.75. The van der Waals surface area contributed by atoms with Gasteiger partial charge in [-0.05, 0) is 61.6 Å². The Hall–Kier alpha value is -2.76. The topological polar surface area (TPSA) is 66.5 Å². The maximum atomic E-state index is 12.2. The molecule has 2 heterocycles. The van der Waals surface area contributed by atoms with Gasteiger partial charge in [0.15, 0.2) is 0 Å². The highest BCUT2D eigenvalue weighted by Gasteiger charge is 2.13.